The molecule has 0 spiro atoms. The third-order valence-corrected chi connectivity index (χ3v) is 5.96. The molecule has 2 aromatic rings. The van der Waals surface area contributed by atoms with E-state index in [0.29, 0.717) is 5.56 Å². The van der Waals surface area contributed by atoms with Crippen LogP contribution < -0.4 is 10.0 Å². The number of hydrogen-bond acceptors (Lipinski definition) is 6. The second-order valence-electron chi connectivity index (χ2n) is 4.85. The van der Waals surface area contributed by atoms with Gasteiger partial charge in [-0.05, 0) is 35.6 Å². The number of benzene rings is 1. The molecule has 0 aliphatic carbocycles. The molecular weight excluding hydrogens is 350 g/mol. The Labute approximate surface area is 143 Å². The van der Waals surface area contributed by atoms with Crippen molar-refractivity contribution in [3.8, 4) is 11.8 Å². The van der Waals surface area contributed by atoms with E-state index in [2.05, 4.69) is 10.0 Å². The van der Waals surface area contributed by atoms with Gasteiger partial charge < -0.3 is 10.4 Å². The molecule has 9 heteroatoms. The molecule has 1 aromatic carbocycles. The highest BCUT2D eigenvalue weighted by Crippen LogP contribution is 2.17. The average Bonchev–Trinajstić information content (AvgIpc) is 3.09. The molecule has 0 radical (unpaired) electrons. The fourth-order valence-electron chi connectivity index (χ4n) is 1.97. The van der Waals surface area contributed by atoms with Crippen LogP contribution in [0.15, 0.2) is 46.0 Å². The van der Waals surface area contributed by atoms with Crippen LogP contribution in [-0.2, 0) is 21.2 Å². The van der Waals surface area contributed by atoms with Crippen LogP contribution in [0.5, 0.6) is 5.75 Å². The van der Waals surface area contributed by atoms with Gasteiger partial charge in [-0.25, -0.2) is 8.42 Å². The van der Waals surface area contributed by atoms with Crippen LogP contribution >= 0.6 is 11.3 Å². The standard InChI is InChI=1S/C15H15N3O4S2/c16-7-8-17-15(20)13(10-11-3-5-12(19)6-4-11)18-24(21,22)14-2-1-9-23-14/h1-6,9,13,18-19H,8,10H2,(H,17,20). The van der Waals surface area contributed by atoms with Crippen molar-refractivity contribution in [3.63, 3.8) is 0 Å². The molecule has 1 aromatic heterocycles. The van der Waals surface area contributed by atoms with Crippen molar-refractivity contribution in [3.05, 3.63) is 47.3 Å². The minimum absolute atomic E-state index is 0.0726. The number of nitriles is 1. The van der Waals surface area contributed by atoms with Crippen molar-refractivity contribution in [1.82, 2.24) is 10.0 Å². The first-order valence-corrected chi connectivity index (χ1v) is 9.27. The van der Waals surface area contributed by atoms with Gasteiger partial charge in [-0.2, -0.15) is 9.98 Å². The molecule has 0 aliphatic heterocycles. The second-order valence-corrected chi connectivity index (χ2v) is 7.74. The highest BCUT2D eigenvalue weighted by atomic mass is 32.2. The van der Waals surface area contributed by atoms with E-state index in [1.165, 1.54) is 18.2 Å². The van der Waals surface area contributed by atoms with Gasteiger partial charge >= 0.3 is 0 Å². The summed E-state index contributed by atoms with van der Waals surface area (Å²) in [6.07, 6.45) is 0.0855. The van der Waals surface area contributed by atoms with Gasteiger partial charge in [-0.3, -0.25) is 4.79 Å². The zero-order valence-corrected chi connectivity index (χ0v) is 14.1. The predicted octanol–water partition coefficient (Wildman–Crippen LogP) is 0.983. The number of amides is 1. The maximum Gasteiger partial charge on any atom is 0.250 e. The molecular formula is C15H15N3O4S2. The molecule has 0 fully saturated rings. The Morgan fingerprint density at radius 2 is 2.00 bits per heavy atom. The topological polar surface area (TPSA) is 119 Å². The van der Waals surface area contributed by atoms with Crippen LogP contribution in [0, 0.1) is 11.3 Å². The highest BCUT2D eigenvalue weighted by Gasteiger charge is 2.26. The Kier molecular flexibility index (Phi) is 5.92. The maximum atomic E-state index is 12.3. The summed E-state index contributed by atoms with van der Waals surface area (Å²) in [7, 11) is -3.84. The van der Waals surface area contributed by atoms with Gasteiger partial charge in [0.1, 0.15) is 22.5 Å². The number of thiophene rings is 1. The lowest BCUT2D eigenvalue weighted by atomic mass is 10.1. The van der Waals surface area contributed by atoms with Crippen LogP contribution in [0.2, 0.25) is 0 Å². The van der Waals surface area contributed by atoms with E-state index >= 15 is 0 Å². The number of phenols is 1. The summed E-state index contributed by atoms with van der Waals surface area (Å²) >= 11 is 1.04. The number of rotatable bonds is 7. The van der Waals surface area contributed by atoms with E-state index in [1.807, 2.05) is 0 Å². The zero-order valence-electron chi connectivity index (χ0n) is 12.5. The Morgan fingerprint density at radius 1 is 1.29 bits per heavy atom. The summed E-state index contributed by atoms with van der Waals surface area (Å²) in [6.45, 7) is -0.217. The normalized spacial score (nSPS) is 12.3. The fourth-order valence-corrected chi connectivity index (χ4v) is 4.17. The molecule has 1 atom stereocenters. The Balaban J connectivity index is 2.21. The van der Waals surface area contributed by atoms with Crippen LogP contribution in [0.3, 0.4) is 0 Å². The summed E-state index contributed by atoms with van der Waals surface area (Å²) in [4.78, 5) is 12.2. The lowest BCUT2D eigenvalue weighted by Gasteiger charge is -2.17. The van der Waals surface area contributed by atoms with Crippen LogP contribution in [0.1, 0.15) is 5.56 Å². The van der Waals surface area contributed by atoms with E-state index in [0.717, 1.165) is 11.3 Å². The Morgan fingerprint density at radius 3 is 2.58 bits per heavy atom. The molecule has 7 nitrogen and oxygen atoms in total. The van der Waals surface area contributed by atoms with E-state index in [1.54, 1.807) is 29.6 Å². The number of nitrogens with one attached hydrogen (secondary N) is 2. The number of sulfonamides is 1. The van der Waals surface area contributed by atoms with Crippen molar-refractivity contribution in [1.29, 1.82) is 5.26 Å². The van der Waals surface area contributed by atoms with Gasteiger partial charge in [0, 0.05) is 0 Å². The molecule has 126 valence electrons. The summed E-state index contributed by atoms with van der Waals surface area (Å²) in [5, 5.41) is 21.9. The predicted molar refractivity (Wildman–Crippen MR) is 88.9 cm³/mol. The molecule has 3 N–H and O–H groups in total. The van der Waals surface area contributed by atoms with Gasteiger partial charge in [0.2, 0.25) is 5.91 Å². The van der Waals surface area contributed by atoms with Crippen molar-refractivity contribution < 1.29 is 18.3 Å². The summed E-state index contributed by atoms with van der Waals surface area (Å²) in [5.41, 5.74) is 0.666. The lowest BCUT2D eigenvalue weighted by Crippen LogP contribution is -2.47. The maximum absolute atomic E-state index is 12.3. The minimum Gasteiger partial charge on any atom is -0.508 e. The Bertz CT molecular complexity index is 825. The molecule has 0 aliphatic rings. The monoisotopic (exact) mass is 365 g/mol. The van der Waals surface area contributed by atoms with E-state index < -0.39 is 22.0 Å². The first kappa shape index (κ1) is 17.9. The van der Waals surface area contributed by atoms with Crippen molar-refractivity contribution in [2.24, 2.45) is 0 Å². The van der Waals surface area contributed by atoms with Crippen LogP contribution in [0.25, 0.3) is 0 Å². The van der Waals surface area contributed by atoms with Gasteiger partial charge in [0.25, 0.3) is 10.0 Å². The summed E-state index contributed by atoms with van der Waals surface area (Å²) in [5.74, 6) is -0.520. The number of carbonyl (C=O) groups excluding carboxylic acids is 1. The van der Waals surface area contributed by atoms with E-state index in [4.69, 9.17) is 5.26 Å². The Hall–Kier alpha value is -2.41. The molecule has 1 amide bonds. The fraction of sp³-hybridized carbons (Fsp3) is 0.200. The SMILES string of the molecule is N#CCNC(=O)C(Cc1ccc(O)cc1)NS(=O)(=O)c1cccs1. The van der Waals surface area contributed by atoms with Crippen molar-refractivity contribution in [2.75, 3.05) is 6.54 Å². The van der Waals surface area contributed by atoms with Gasteiger partial charge in [0.05, 0.1) is 6.07 Å². The van der Waals surface area contributed by atoms with Crippen molar-refractivity contribution in [2.45, 2.75) is 16.7 Å². The van der Waals surface area contributed by atoms with E-state index in [9.17, 15) is 18.3 Å². The summed E-state index contributed by atoms with van der Waals surface area (Å²) < 4.78 is 27.2. The van der Waals surface area contributed by atoms with Gasteiger partial charge in [0.15, 0.2) is 0 Å². The van der Waals surface area contributed by atoms with Crippen molar-refractivity contribution >= 4 is 27.3 Å². The van der Waals surface area contributed by atoms with Gasteiger partial charge in [-0.15, -0.1) is 11.3 Å². The number of phenolic OH excluding ortho intramolecular Hbond substituents is 1. The largest absolute Gasteiger partial charge is 0.508 e. The van der Waals surface area contributed by atoms with Crippen LogP contribution in [-0.4, -0.2) is 32.0 Å². The molecule has 1 unspecified atom stereocenters. The molecule has 0 bridgehead atoms. The molecule has 1 heterocycles. The lowest BCUT2D eigenvalue weighted by molar-refractivity contribution is -0.122. The first-order valence-electron chi connectivity index (χ1n) is 6.91. The molecule has 0 saturated heterocycles. The number of carbonyl (C=O) groups is 1. The smallest absolute Gasteiger partial charge is 0.250 e. The number of hydrogen-bond donors (Lipinski definition) is 3. The van der Waals surface area contributed by atoms with Gasteiger partial charge in [-0.1, -0.05) is 18.2 Å². The second kappa shape index (κ2) is 7.92. The highest BCUT2D eigenvalue weighted by molar-refractivity contribution is 7.91. The molecule has 2 rings (SSSR count). The number of aromatic hydroxyl groups is 1. The minimum atomic E-state index is -3.84. The molecule has 0 saturated carbocycles. The third kappa shape index (κ3) is 4.79. The third-order valence-electron chi connectivity index (χ3n) is 3.09. The zero-order chi connectivity index (χ0) is 17.6. The number of nitrogens with zero attached hydrogens (tertiary/aromatic N) is 1. The summed E-state index contributed by atoms with van der Waals surface area (Å²) in [6, 6.07) is 9.84. The van der Waals surface area contributed by atoms with E-state index in [-0.39, 0.29) is 22.9 Å². The first-order chi connectivity index (χ1) is 11.4. The average molecular weight is 365 g/mol. The van der Waals surface area contributed by atoms with Crippen LogP contribution in [0.4, 0.5) is 0 Å². The quantitative estimate of drug-likeness (QED) is 0.632. The molecule has 24 heavy (non-hydrogen) atoms.